The van der Waals surface area contributed by atoms with E-state index in [-0.39, 0.29) is 12.5 Å². The van der Waals surface area contributed by atoms with Crippen molar-refractivity contribution >= 4 is 5.91 Å². The summed E-state index contributed by atoms with van der Waals surface area (Å²) in [4.78, 5) is 13.1. The summed E-state index contributed by atoms with van der Waals surface area (Å²) in [5, 5.41) is 54.9. The lowest BCUT2D eigenvalue weighted by molar-refractivity contribution is -0.302. The number of aliphatic hydroxyl groups is 5. The molecule has 1 amide bonds. The van der Waals surface area contributed by atoms with Gasteiger partial charge in [-0.1, -0.05) is 354 Å². The quantitative estimate of drug-likeness (QED) is 0.0330. The molecule has 0 aromatic carbocycles. The normalized spacial score (nSPS) is 18.6. The number of rotatable bonds is 62. The molecule has 1 aliphatic rings. The van der Waals surface area contributed by atoms with Crippen molar-refractivity contribution in [2.75, 3.05) is 13.2 Å². The molecule has 0 aromatic heterocycles. The maximum Gasteiger partial charge on any atom is 0.220 e. The van der Waals surface area contributed by atoms with Crippen LogP contribution in [0.15, 0.2) is 0 Å². The number of amides is 1. The van der Waals surface area contributed by atoms with E-state index in [0.29, 0.717) is 12.8 Å². The minimum Gasteiger partial charge on any atom is -0.394 e. The van der Waals surface area contributed by atoms with Crippen LogP contribution in [0.5, 0.6) is 0 Å². The molecule has 0 aromatic rings. The van der Waals surface area contributed by atoms with Crippen LogP contribution in [0.25, 0.3) is 0 Å². The van der Waals surface area contributed by atoms with Gasteiger partial charge in [-0.15, -0.1) is 0 Å². The third-order valence-electron chi connectivity index (χ3n) is 17.2. The predicted octanol–water partition coefficient (Wildman–Crippen LogP) is 18.5. The summed E-state index contributed by atoms with van der Waals surface area (Å²) in [5.74, 6) is -0.133. The molecule has 1 heterocycles. The van der Waals surface area contributed by atoms with Crippen LogP contribution in [0, 0.1) is 0 Å². The molecule has 0 saturated carbocycles. The fraction of sp³-hybridized carbons (Fsp3) is 0.985. The third kappa shape index (κ3) is 47.4. The number of carbonyl (C=O) groups excluding carboxylic acids is 1. The summed E-state index contributed by atoms with van der Waals surface area (Å²) in [6.07, 6.45) is 66.0. The van der Waals surface area contributed by atoms with Crippen LogP contribution in [-0.4, -0.2) is 87.5 Å². The number of nitrogens with one attached hydrogen (secondary N) is 1. The van der Waals surface area contributed by atoms with Crippen molar-refractivity contribution in [3.63, 3.8) is 0 Å². The minimum atomic E-state index is -1.55. The first-order valence-electron chi connectivity index (χ1n) is 34.7. The Morgan fingerprint density at radius 3 is 0.922 bits per heavy atom. The lowest BCUT2D eigenvalue weighted by atomic mass is 9.99. The van der Waals surface area contributed by atoms with Gasteiger partial charge in [0.05, 0.1) is 25.4 Å². The molecule has 0 radical (unpaired) electrons. The highest BCUT2D eigenvalue weighted by Crippen LogP contribution is 2.24. The Balaban J connectivity index is 2.10. The van der Waals surface area contributed by atoms with Gasteiger partial charge in [-0.3, -0.25) is 4.79 Å². The second-order valence-corrected chi connectivity index (χ2v) is 24.7. The number of carbonyl (C=O) groups is 1. The zero-order valence-electron chi connectivity index (χ0n) is 51.5. The molecule has 460 valence electrons. The van der Waals surface area contributed by atoms with Crippen molar-refractivity contribution in [2.24, 2.45) is 0 Å². The van der Waals surface area contributed by atoms with E-state index in [2.05, 4.69) is 19.2 Å². The van der Waals surface area contributed by atoms with Gasteiger partial charge in [0.25, 0.3) is 0 Å². The summed E-state index contributed by atoms with van der Waals surface area (Å²) in [7, 11) is 0. The second-order valence-electron chi connectivity index (χ2n) is 24.7. The Morgan fingerprint density at radius 2 is 0.649 bits per heavy atom. The van der Waals surface area contributed by atoms with Gasteiger partial charge in [0.15, 0.2) is 6.29 Å². The van der Waals surface area contributed by atoms with Gasteiger partial charge >= 0.3 is 0 Å². The Bertz CT molecular complexity index is 1180. The third-order valence-corrected chi connectivity index (χ3v) is 17.2. The Hall–Kier alpha value is -0.810. The Kier molecular flexibility index (Phi) is 56.3. The van der Waals surface area contributed by atoms with E-state index in [0.717, 1.165) is 38.5 Å². The van der Waals surface area contributed by atoms with E-state index in [1.807, 2.05) is 0 Å². The maximum atomic E-state index is 13.1. The predicted molar refractivity (Wildman–Crippen MR) is 328 cm³/mol. The van der Waals surface area contributed by atoms with Gasteiger partial charge < -0.3 is 40.3 Å². The lowest BCUT2D eigenvalue weighted by Gasteiger charge is -2.40. The van der Waals surface area contributed by atoms with Crippen LogP contribution in [0.1, 0.15) is 373 Å². The standard InChI is InChI=1S/C68H135NO8/c1-3-5-7-9-11-13-15-17-19-21-23-25-27-29-31-32-34-36-38-40-42-44-46-48-50-52-54-56-58-64(72)69-61(60-76-68-67(75)66(74)65(73)63(59-70)77-68)62(71)57-55-53-51-49-47-45-43-41-39-37-35-33-30-28-26-24-22-20-18-16-14-12-10-8-6-4-2/h61-63,65-68,70-71,73-75H,3-60H2,1-2H3,(H,69,72). The summed E-state index contributed by atoms with van der Waals surface area (Å²) in [5.41, 5.74) is 0. The molecule has 6 N–H and O–H groups in total. The van der Waals surface area contributed by atoms with Crippen LogP contribution in [0.2, 0.25) is 0 Å². The molecule has 0 spiro atoms. The fourth-order valence-electron chi connectivity index (χ4n) is 11.8. The SMILES string of the molecule is CCCCCCCCCCCCCCCCCCCCCCCCCCCCCCC(=O)NC(COC1OC(CO)C(O)C(O)C1O)C(O)CCCCCCCCCCCCCCCCCCCCCCCCCCCC. The number of unbranched alkanes of at least 4 members (excludes halogenated alkanes) is 52. The van der Waals surface area contributed by atoms with Crippen molar-refractivity contribution < 1.29 is 39.8 Å². The zero-order chi connectivity index (χ0) is 55.8. The molecule has 1 rings (SSSR count). The first kappa shape index (κ1) is 74.2. The average molecular weight is 1090 g/mol. The first-order chi connectivity index (χ1) is 37.8. The van der Waals surface area contributed by atoms with Crippen molar-refractivity contribution in [2.45, 2.75) is 416 Å². The zero-order valence-corrected chi connectivity index (χ0v) is 51.5. The summed E-state index contributed by atoms with van der Waals surface area (Å²) in [6.45, 7) is 3.91. The van der Waals surface area contributed by atoms with Crippen LogP contribution in [0.4, 0.5) is 0 Å². The van der Waals surface area contributed by atoms with Gasteiger partial charge in [0, 0.05) is 6.42 Å². The number of ether oxygens (including phenoxy) is 2. The molecule has 9 heteroatoms. The van der Waals surface area contributed by atoms with E-state index in [1.165, 1.54) is 308 Å². The molecule has 1 fully saturated rings. The average Bonchev–Trinajstić information content (AvgIpc) is 3.43. The highest BCUT2D eigenvalue weighted by atomic mass is 16.7. The Labute approximate surface area is 478 Å². The van der Waals surface area contributed by atoms with Gasteiger partial charge in [-0.25, -0.2) is 0 Å². The minimum absolute atomic E-state index is 0.130. The first-order valence-corrected chi connectivity index (χ1v) is 34.7. The monoisotopic (exact) mass is 1090 g/mol. The molecule has 1 aliphatic heterocycles. The van der Waals surface area contributed by atoms with E-state index in [4.69, 9.17) is 9.47 Å². The highest BCUT2D eigenvalue weighted by Gasteiger charge is 2.44. The number of hydrogen-bond acceptors (Lipinski definition) is 8. The van der Waals surface area contributed by atoms with Crippen molar-refractivity contribution in [3.05, 3.63) is 0 Å². The molecule has 0 bridgehead atoms. The largest absolute Gasteiger partial charge is 0.394 e. The van der Waals surface area contributed by atoms with Gasteiger partial charge in [-0.05, 0) is 12.8 Å². The summed E-state index contributed by atoms with van der Waals surface area (Å²) in [6, 6.07) is -0.715. The smallest absolute Gasteiger partial charge is 0.220 e. The summed E-state index contributed by atoms with van der Waals surface area (Å²) >= 11 is 0. The summed E-state index contributed by atoms with van der Waals surface area (Å²) < 4.78 is 11.4. The van der Waals surface area contributed by atoms with E-state index in [1.54, 1.807) is 0 Å². The highest BCUT2D eigenvalue weighted by molar-refractivity contribution is 5.76. The molecule has 1 saturated heterocycles. The molecule has 7 unspecified atom stereocenters. The van der Waals surface area contributed by atoms with Crippen LogP contribution >= 0.6 is 0 Å². The number of aliphatic hydroxyl groups excluding tert-OH is 5. The second kappa shape index (κ2) is 58.4. The fourth-order valence-corrected chi connectivity index (χ4v) is 11.8. The van der Waals surface area contributed by atoms with Crippen LogP contribution in [-0.2, 0) is 14.3 Å². The maximum absolute atomic E-state index is 13.1. The van der Waals surface area contributed by atoms with E-state index in [9.17, 15) is 30.3 Å². The Morgan fingerprint density at radius 1 is 0.390 bits per heavy atom. The molecule has 9 nitrogen and oxygen atoms in total. The van der Waals surface area contributed by atoms with Gasteiger partial charge in [0.2, 0.25) is 5.91 Å². The van der Waals surface area contributed by atoms with Gasteiger partial charge in [-0.2, -0.15) is 0 Å². The van der Waals surface area contributed by atoms with Crippen molar-refractivity contribution in [1.29, 1.82) is 0 Å². The van der Waals surface area contributed by atoms with Crippen LogP contribution in [0.3, 0.4) is 0 Å². The van der Waals surface area contributed by atoms with E-state index >= 15 is 0 Å². The molecule has 7 atom stereocenters. The molecule has 0 aliphatic carbocycles. The number of hydrogen-bond donors (Lipinski definition) is 6. The molecular formula is C68H135NO8. The topological polar surface area (TPSA) is 149 Å². The van der Waals surface area contributed by atoms with Crippen molar-refractivity contribution in [1.82, 2.24) is 5.32 Å². The van der Waals surface area contributed by atoms with Gasteiger partial charge in [0.1, 0.15) is 24.4 Å². The molecule has 77 heavy (non-hydrogen) atoms. The molecular weight excluding hydrogens is 959 g/mol. The van der Waals surface area contributed by atoms with E-state index < -0.39 is 49.5 Å². The lowest BCUT2D eigenvalue weighted by Crippen LogP contribution is -2.60. The van der Waals surface area contributed by atoms with Crippen LogP contribution < -0.4 is 5.32 Å². The van der Waals surface area contributed by atoms with Crippen molar-refractivity contribution in [3.8, 4) is 0 Å².